The molecule has 1 aromatic carbocycles. The van der Waals surface area contributed by atoms with Crippen LogP contribution < -0.4 is 5.11 Å². The molecule has 1 amide bonds. The fourth-order valence-electron chi connectivity index (χ4n) is 2.82. The van der Waals surface area contributed by atoms with Crippen molar-refractivity contribution in [1.82, 2.24) is 4.90 Å². The van der Waals surface area contributed by atoms with Gasteiger partial charge in [0.25, 0.3) is 0 Å². The fraction of sp³-hybridized carbons (Fsp3) is 0.529. The van der Waals surface area contributed by atoms with E-state index >= 15 is 0 Å². The maximum atomic E-state index is 12.2. The first-order chi connectivity index (χ1) is 11.1. The summed E-state index contributed by atoms with van der Waals surface area (Å²) >= 11 is 11.9. The Morgan fingerprint density at radius 3 is 2.50 bits per heavy atom. The van der Waals surface area contributed by atoms with Gasteiger partial charge in [0.1, 0.15) is 5.60 Å². The van der Waals surface area contributed by atoms with Crippen LogP contribution in [0.25, 0.3) is 0 Å². The van der Waals surface area contributed by atoms with Gasteiger partial charge in [-0.15, -0.1) is 0 Å². The molecule has 0 aromatic heterocycles. The number of rotatable bonds is 3. The zero-order valence-corrected chi connectivity index (χ0v) is 15.4. The summed E-state index contributed by atoms with van der Waals surface area (Å²) in [6.45, 7) is 5.51. The van der Waals surface area contributed by atoms with Gasteiger partial charge in [-0.05, 0) is 57.2 Å². The Morgan fingerprint density at radius 2 is 1.96 bits per heavy atom. The van der Waals surface area contributed by atoms with Gasteiger partial charge in [0.15, 0.2) is 0 Å². The van der Waals surface area contributed by atoms with E-state index in [1.165, 1.54) is 4.90 Å². The second kappa shape index (κ2) is 7.19. The number of carboxylic acids is 1. The molecular formula is C17H20Cl2NO4-. The van der Waals surface area contributed by atoms with Crippen LogP contribution in [0.4, 0.5) is 4.79 Å². The SMILES string of the molecule is CC(C)(C)OC(=O)N1C[C@H](Cc2ccc(Cl)c(Cl)c2)C[C@H]1C(=O)[O-]. The molecule has 0 bridgehead atoms. The van der Waals surface area contributed by atoms with Crippen molar-refractivity contribution in [1.29, 1.82) is 0 Å². The molecule has 0 radical (unpaired) electrons. The molecule has 0 N–H and O–H groups in total. The Kier molecular flexibility index (Phi) is 5.66. The van der Waals surface area contributed by atoms with Crippen LogP contribution in [0.1, 0.15) is 32.8 Å². The van der Waals surface area contributed by atoms with E-state index in [1.54, 1.807) is 32.9 Å². The van der Waals surface area contributed by atoms with Gasteiger partial charge >= 0.3 is 6.09 Å². The van der Waals surface area contributed by atoms with Crippen LogP contribution in [-0.4, -0.2) is 35.2 Å². The minimum atomic E-state index is -1.27. The van der Waals surface area contributed by atoms with Crippen LogP contribution in [0.3, 0.4) is 0 Å². The highest BCUT2D eigenvalue weighted by molar-refractivity contribution is 6.42. The molecule has 0 unspecified atom stereocenters. The summed E-state index contributed by atoms with van der Waals surface area (Å²) in [6.07, 6.45) is 0.287. The highest BCUT2D eigenvalue weighted by atomic mass is 35.5. The van der Waals surface area contributed by atoms with E-state index in [-0.39, 0.29) is 5.92 Å². The lowest BCUT2D eigenvalue weighted by molar-refractivity contribution is -0.310. The molecule has 2 rings (SSSR count). The second-order valence-corrected chi connectivity index (χ2v) is 7.84. The lowest BCUT2D eigenvalue weighted by Crippen LogP contribution is -2.48. The third-order valence-corrected chi connectivity index (χ3v) is 4.54. The Hall–Kier alpha value is -1.46. The summed E-state index contributed by atoms with van der Waals surface area (Å²) in [5.74, 6) is -1.28. The number of carbonyl (C=O) groups excluding carboxylic acids is 2. The molecule has 7 heteroatoms. The molecule has 0 saturated carbocycles. The number of amides is 1. The zero-order chi connectivity index (χ0) is 18.1. The Balaban J connectivity index is 2.10. The third kappa shape index (κ3) is 4.77. The summed E-state index contributed by atoms with van der Waals surface area (Å²) < 4.78 is 5.29. The zero-order valence-electron chi connectivity index (χ0n) is 13.8. The molecule has 1 saturated heterocycles. The maximum Gasteiger partial charge on any atom is 0.410 e. The van der Waals surface area contributed by atoms with Crippen molar-refractivity contribution < 1.29 is 19.4 Å². The number of hydrogen-bond acceptors (Lipinski definition) is 4. The Morgan fingerprint density at radius 1 is 1.29 bits per heavy atom. The van der Waals surface area contributed by atoms with Crippen molar-refractivity contribution in [2.24, 2.45) is 5.92 Å². The molecule has 2 atom stereocenters. The monoisotopic (exact) mass is 372 g/mol. The normalized spacial score (nSPS) is 21.0. The number of carbonyl (C=O) groups is 2. The fourth-order valence-corrected chi connectivity index (χ4v) is 3.14. The molecule has 132 valence electrons. The van der Waals surface area contributed by atoms with Gasteiger partial charge in [0.2, 0.25) is 0 Å². The van der Waals surface area contributed by atoms with Crippen LogP contribution >= 0.6 is 23.2 Å². The number of nitrogens with zero attached hydrogens (tertiary/aromatic N) is 1. The van der Waals surface area contributed by atoms with Gasteiger partial charge in [-0.1, -0.05) is 29.3 Å². The largest absolute Gasteiger partial charge is 0.548 e. The number of ether oxygens (including phenoxy) is 1. The van der Waals surface area contributed by atoms with E-state index in [9.17, 15) is 14.7 Å². The van der Waals surface area contributed by atoms with Crippen molar-refractivity contribution >= 4 is 35.3 Å². The molecule has 24 heavy (non-hydrogen) atoms. The first kappa shape index (κ1) is 18.9. The lowest BCUT2D eigenvalue weighted by Gasteiger charge is -2.28. The quantitative estimate of drug-likeness (QED) is 0.817. The van der Waals surface area contributed by atoms with E-state index < -0.39 is 23.7 Å². The van der Waals surface area contributed by atoms with Gasteiger partial charge in [0.05, 0.1) is 22.1 Å². The van der Waals surface area contributed by atoms with E-state index in [0.717, 1.165) is 5.56 Å². The standard InChI is InChI=1S/C17H21Cl2NO4/c1-17(2,3)24-16(23)20-9-11(8-14(20)15(21)22)6-10-4-5-12(18)13(19)7-10/h4-5,7,11,14H,6,8-9H2,1-3H3,(H,21,22)/p-1/t11-,14+/m1/s1. The summed E-state index contributed by atoms with van der Waals surface area (Å²) in [4.78, 5) is 24.9. The number of carboxylic acid groups (broad SMARTS) is 1. The highest BCUT2D eigenvalue weighted by Crippen LogP contribution is 2.30. The van der Waals surface area contributed by atoms with Crippen LogP contribution in [0.5, 0.6) is 0 Å². The first-order valence-electron chi connectivity index (χ1n) is 7.71. The summed E-state index contributed by atoms with van der Waals surface area (Å²) in [6, 6.07) is 4.33. The summed E-state index contributed by atoms with van der Waals surface area (Å²) in [7, 11) is 0. The summed E-state index contributed by atoms with van der Waals surface area (Å²) in [5.41, 5.74) is 0.257. The molecule has 1 fully saturated rings. The molecule has 1 aromatic rings. The van der Waals surface area contributed by atoms with E-state index in [4.69, 9.17) is 27.9 Å². The van der Waals surface area contributed by atoms with Crippen molar-refractivity contribution in [3.63, 3.8) is 0 Å². The Bertz CT molecular complexity index is 642. The number of aliphatic carboxylic acids is 1. The van der Waals surface area contributed by atoms with Gasteiger partial charge in [-0.25, -0.2) is 4.79 Å². The van der Waals surface area contributed by atoms with Gasteiger partial charge < -0.3 is 14.6 Å². The molecular weight excluding hydrogens is 353 g/mol. The predicted octanol–water partition coefficient (Wildman–Crippen LogP) is 2.91. The minimum Gasteiger partial charge on any atom is -0.548 e. The summed E-state index contributed by atoms with van der Waals surface area (Å²) in [5, 5.41) is 12.3. The van der Waals surface area contributed by atoms with E-state index in [2.05, 4.69) is 0 Å². The van der Waals surface area contributed by atoms with Gasteiger partial charge in [-0.3, -0.25) is 4.90 Å². The van der Waals surface area contributed by atoms with Crippen LogP contribution in [0, 0.1) is 5.92 Å². The van der Waals surface area contributed by atoms with Crippen LogP contribution in [0.15, 0.2) is 18.2 Å². The number of likely N-dealkylation sites (tertiary alicyclic amines) is 1. The van der Waals surface area contributed by atoms with Crippen molar-refractivity contribution in [2.45, 2.75) is 45.3 Å². The molecule has 1 aliphatic rings. The molecule has 0 spiro atoms. The molecule has 0 aliphatic carbocycles. The van der Waals surface area contributed by atoms with E-state index in [0.29, 0.717) is 29.4 Å². The minimum absolute atomic E-state index is 0.0161. The lowest BCUT2D eigenvalue weighted by atomic mass is 9.97. The van der Waals surface area contributed by atoms with Gasteiger partial charge in [-0.2, -0.15) is 0 Å². The first-order valence-corrected chi connectivity index (χ1v) is 8.47. The number of hydrogen-bond donors (Lipinski definition) is 0. The molecule has 1 aliphatic heterocycles. The average molecular weight is 373 g/mol. The Labute approximate surface area is 151 Å². The average Bonchev–Trinajstić information content (AvgIpc) is 2.85. The topological polar surface area (TPSA) is 69.7 Å². The molecule has 1 heterocycles. The van der Waals surface area contributed by atoms with Crippen molar-refractivity contribution in [2.75, 3.05) is 6.54 Å². The van der Waals surface area contributed by atoms with Crippen molar-refractivity contribution in [3.05, 3.63) is 33.8 Å². The molecule has 5 nitrogen and oxygen atoms in total. The van der Waals surface area contributed by atoms with Crippen LogP contribution in [-0.2, 0) is 16.0 Å². The van der Waals surface area contributed by atoms with Crippen molar-refractivity contribution in [3.8, 4) is 0 Å². The third-order valence-electron chi connectivity index (χ3n) is 3.80. The highest BCUT2D eigenvalue weighted by Gasteiger charge is 2.38. The second-order valence-electron chi connectivity index (χ2n) is 7.02. The van der Waals surface area contributed by atoms with E-state index in [1.807, 2.05) is 6.07 Å². The number of halogens is 2. The van der Waals surface area contributed by atoms with Crippen LogP contribution in [0.2, 0.25) is 10.0 Å². The smallest absolute Gasteiger partial charge is 0.410 e. The number of benzene rings is 1. The van der Waals surface area contributed by atoms with Gasteiger partial charge in [0, 0.05) is 6.54 Å². The maximum absolute atomic E-state index is 12.2. The predicted molar refractivity (Wildman–Crippen MR) is 90.0 cm³/mol.